The lowest BCUT2D eigenvalue weighted by atomic mass is 10.1. The zero-order valence-corrected chi connectivity index (χ0v) is 16.3. The lowest BCUT2D eigenvalue weighted by molar-refractivity contribution is 1.15. The smallest absolute Gasteiger partial charge is 0.244 e. The number of nitrogens with one attached hydrogen (secondary N) is 1. The molecule has 1 N–H and O–H groups in total. The summed E-state index contributed by atoms with van der Waals surface area (Å²) >= 11 is 3.46. The number of benzene rings is 3. The highest BCUT2D eigenvalue weighted by atomic mass is 79.9. The fraction of sp³-hybridized carbons (Fsp3) is 0.0455. The van der Waals surface area contributed by atoms with Crippen molar-refractivity contribution in [1.82, 2.24) is 9.97 Å². The van der Waals surface area contributed by atoms with Crippen molar-refractivity contribution in [2.75, 3.05) is 5.43 Å². The average molecular weight is 417 g/mol. The summed E-state index contributed by atoms with van der Waals surface area (Å²) in [5.74, 6) is 0.471. The molecular formula is C22H17BrN4. The number of hydrazone groups is 1. The van der Waals surface area contributed by atoms with Crippen LogP contribution in [0, 0.1) is 6.92 Å². The van der Waals surface area contributed by atoms with Gasteiger partial charge in [0.05, 0.1) is 17.4 Å². The van der Waals surface area contributed by atoms with E-state index in [9.17, 15) is 0 Å². The summed E-state index contributed by atoms with van der Waals surface area (Å²) in [6.07, 6.45) is 1.75. The summed E-state index contributed by atoms with van der Waals surface area (Å²) in [5.41, 5.74) is 7.94. The molecule has 0 radical (unpaired) electrons. The SMILES string of the molecule is Cc1ccc2c(-c3ccccc3)nc(N/N=C/c3cccc(Br)c3)nc2c1. The molecule has 4 rings (SSSR count). The molecule has 0 aliphatic carbocycles. The zero-order valence-electron chi connectivity index (χ0n) is 14.7. The van der Waals surface area contributed by atoms with Crippen molar-refractivity contribution in [2.24, 2.45) is 5.10 Å². The highest BCUT2D eigenvalue weighted by molar-refractivity contribution is 9.10. The Morgan fingerprint density at radius 3 is 2.59 bits per heavy atom. The molecule has 132 valence electrons. The molecule has 27 heavy (non-hydrogen) atoms. The molecule has 0 amide bonds. The van der Waals surface area contributed by atoms with E-state index in [1.807, 2.05) is 42.5 Å². The minimum Gasteiger partial charge on any atom is -0.245 e. The zero-order chi connectivity index (χ0) is 18.6. The largest absolute Gasteiger partial charge is 0.245 e. The van der Waals surface area contributed by atoms with Gasteiger partial charge in [0.2, 0.25) is 5.95 Å². The van der Waals surface area contributed by atoms with Crippen molar-refractivity contribution in [1.29, 1.82) is 0 Å². The molecule has 5 heteroatoms. The van der Waals surface area contributed by atoms with Crippen LogP contribution in [0.3, 0.4) is 0 Å². The maximum absolute atomic E-state index is 4.70. The highest BCUT2D eigenvalue weighted by Gasteiger charge is 2.09. The Morgan fingerprint density at radius 2 is 1.78 bits per heavy atom. The molecule has 0 aliphatic rings. The topological polar surface area (TPSA) is 50.2 Å². The standard InChI is InChI=1S/C22H17BrN4/c1-15-10-11-19-20(12-15)25-22(26-21(19)17-7-3-2-4-8-17)27-24-14-16-6-5-9-18(23)13-16/h2-14H,1H3,(H,25,26,27)/b24-14+. The highest BCUT2D eigenvalue weighted by Crippen LogP contribution is 2.27. The number of aryl methyl sites for hydroxylation is 1. The van der Waals surface area contributed by atoms with Gasteiger partial charge in [-0.3, -0.25) is 0 Å². The fourth-order valence-corrected chi connectivity index (χ4v) is 3.27. The summed E-state index contributed by atoms with van der Waals surface area (Å²) in [5, 5.41) is 5.32. The third kappa shape index (κ3) is 4.04. The van der Waals surface area contributed by atoms with Crippen LogP contribution in [0.5, 0.6) is 0 Å². The molecule has 0 fully saturated rings. The number of hydrogen-bond donors (Lipinski definition) is 1. The van der Waals surface area contributed by atoms with Crippen LogP contribution in [0.15, 0.2) is 82.4 Å². The lowest BCUT2D eigenvalue weighted by Crippen LogP contribution is -2.00. The van der Waals surface area contributed by atoms with E-state index in [0.29, 0.717) is 5.95 Å². The molecule has 0 atom stereocenters. The Kier molecular flexibility index (Phi) is 4.94. The first-order valence-corrected chi connectivity index (χ1v) is 9.37. The van der Waals surface area contributed by atoms with Gasteiger partial charge in [-0.15, -0.1) is 0 Å². The summed E-state index contributed by atoms with van der Waals surface area (Å²) in [6, 6.07) is 24.3. The Balaban J connectivity index is 1.72. The fourth-order valence-electron chi connectivity index (χ4n) is 2.86. The minimum absolute atomic E-state index is 0.471. The second-order valence-corrected chi connectivity index (χ2v) is 7.12. The first-order valence-electron chi connectivity index (χ1n) is 8.57. The summed E-state index contributed by atoms with van der Waals surface area (Å²) < 4.78 is 1.01. The molecule has 0 aliphatic heterocycles. The molecule has 4 aromatic rings. The monoisotopic (exact) mass is 416 g/mol. The third-order valence-corrected chi connectivity index (χ3v) is 4.62. The van der Waals surface area contributed by atoms with Gasteiger partial charge in [-0.2, -0.15) is 5.10 Å². The third-order valence-electron chi connectivity index (χ3n) is 4.13. The number of halogens is 1. The van der Waals surface area contributed by atoms with Crippen LogP contribution in [0.1, 0.15) is 11.1 Å². The second-order valence-electron chi connectivity index (χ2n) is 6.21. The summed E-state index contributed by atoms with van der Waals surface area (Å²) in [7, 11) is 0. The van der Waals surface area contributed by atoms with Gasteiger partial charge in [0.1, 0.15) is 0 Å². The number of aromatic nitrogens is 2. The predicted octanol–water partition coefficient (Wildman–Crippen LogP) is 5.81. The molecule has 1 heterocycles. The average Bonchev–Trinajstić information content (AvgIpc) is 2.68. The molecular weight excluding hydrogens is 400 g/mol. The first kappa shape index (κ1) is 17.4. The van der Waals surface area contributed by atoms with Crippen LogP contribution in [0.25, 0.3) is 22.2 Å². The van der Waals surface area contributed by atoms with Crippen molar-refractivity contribution in [3.05, 3.63) is 88.4 Å². The van der Waals surface area contributed by atoms with Crippen LogP contribution < -0.4 is 5.43 Å². The Hall–Kier alpha value is -3.05. The minimum atomic E-state index is 0.471. The lowest BCUT2D eigenvalue weighted by Gasteiger charge is -2.09. The number of anilines is 1. The van der Waals surface area contributed by atoms with E-state index < -0.39 is 0 Å². The molecule has 4 nitrogen and oxygen atoms in total. The Morgan fingerprint density at radius 1 is 0.926 bits per heavy atom. The maximum atomic E-state index is 4.70. The maximum Gasteiger partial charge on any atom is 0.244 e. The van der Waals surface area contributed by atoms with Gasteiger partial charge >= 0.3 is 0 Å². The molecule has 0 saturated heterocycles. The Bertz CT molecular complexity index is 1120. The number of fused-ring (bicyclic) bond motifs is 1. The van der Waals surface area contributed by atoms with E-state index in [-0.39, 0.29) is 0 Å². The molecule has 0 bridgehead atoms. The molecule has 1 aromatic heterocycles. The van der Waals surface area contributed by atoms with Gasteiger partial charge in [-0.05, 0) is 36.2 Å². The van der Waals surface area contributed by atoms with Gasteiger partial charge < -0.3 is 0 Å². The van der Waals surface area contributed by atoms with E-state index in [4.69, 9.17) is 4.98 Å². The van der Waals surface area contributed by atoms with Gasteiger partial charge in [-0.25, -0.2) is 15.4 Å². The molecule has 0 saturated carbocycles. The predicted molar refractivity (Wildman–Crippen MR) is 115 cm³/mol. The van der Waals surface area contributed by atoms with Crippen molar-refractivity contribution >= 4 is 39.0 Å². The molecule has 3 aromatic carbocycles. The van der Waals surface area contributed by atoms with E-state index >= 15 is 0 Å². The van der Waals surface area contributed by atoms with Crippen LogP contribution in [-0.4, -0.2) is 16.2 Å². The van der Waals surface area contributed by atoms with Crippen molar-refractivity contribution < 1.29 is 0 Å². The second kappa shape index (κ2) is 7.68. The molecule has 0 spiro atoms. The normalized spacial score (nSPS) is 11.2. The number of hydrogen-bond acceptors (Lipinski definition) is 4. The van der Waals surface area contributed by atoms with E-state index in [1.165, 1.54) is 0 Å². The van der Waals surface area contributed by atoms with Gasteiger partial charge in [0.25, 0.3) is 0 Å². The summed E-state index contributed by atoms with van der Waals surface area (Å²) in [4.78, 5) is 9.33. The molecule has 0 unspecified atom stereocenters. The number of nitrogens with zero attached hydrogens (tertiary/aromatic N) is 3. The van der Waals surface area contributed by atoms with Crippen LogP contribution in [0.4, 0.5) is 5.95 Å². The van der Waals surface area contributed by atoms with Crippen LogP contribution in [-0.2, 0) is 0 Å². The Labute approximate surface area is 166 Å². The van der Waals surface area contributed by atoms with Gasteiger partial charge in [0, 0.05) is 15.4 Å². The van der Waals surface area contributed by atoms with Crippen LogP contribution >= 0.6 is 15.9 Å². The number of rotatable bonds is 4. The van der Waals surface area contributed by atoms with E-state index in [1.54, 1.807) is 6.21 Å². The quantitative estimate of drug-likeness (QED) is 0.337. The van der Waals surface area contributed by atoms with Crippen molar-refractivity contribution in [3.63, 3.8) is 0 Å². The van der Waals surface area contributed by atoms with Crippen molar-refractivity contribution in [3.8, 4) is 11.3 Å². The van der Waals surface area contributed by atoms with Gasteiger partial charge in [0.15, 0.2) is 0 Å². The van der Waals surface area contributed by atoms with Gasteiger partial charge in [-0.1, -0.05) is 70.5 Å². The first-order chi connectivity index (χ1) is 13.2. The summed E-state index contributed by atoms with van der Waals surface area (Å²) in [6.45, 7) is 2.06. The van der Waals surface area contributed by atoms with Crippen LogP contribution in [0.2, 0.25) is 0 Å². The van der Waals surface area contributed by atoms with E-state index in [0.717, 1.165) is 37.8 Å². The van der Waals surface area contributed by atoms with Crippen molar-refractivity contribution in [2.45, 2.75) is 6.92 Å². The van der Waals surface area contributed by atoms with E-state index in [2.05, 4.69) is 68.7 Å².